The van der Waals surface area contributed by atoms with Gasteiger partial charge < -0.3 is 33.8 Å². The monoisotopic (exact) mass is 1480 g/mol. The number of hydrogen-bond acceptors (Lipinski definition) is 15. The first-order valence-electron chi connectivity index (χ1n) is 41.2. The molecule has 0 heterocycles. The SMILES string of the molecule is CCCCC/C=C\C/C=C\C/C=C\C/C=C\C/C=C\CCC(=O)OC[C@H](COP(=O)(O)OC[C@@H](O)COP(=O)(O)OC[C@@H](COC(=O)CCCCCCCCCCCCCCCCC)OC(=O)CCCCCCC/C=C\CCCCCC)OC(=O)CCCCCCCCCCCCCCCCC. The van der Waals surface area contributed by atoms with E-state index in [9.17, 15) is 43.2 Å². The molecule has 3 N–H and O–H groups in total. The molecule has 0 saturated carbocycles. The zero-order valence-electron chi connectivity index (χ0n) is 65.0. The van der Waals surface area contributed by atoms with Gasteiger partial charge in [-0.1, -0.05) is 332 Å². The summed E-state index contributed by atoms with van der Waals surface area (Å²) in [5, 5.41) is 10.6. The van der Waals surface area contributed by atoms with Gasteiger partial charge in [0.15, 0.2) is 12.2 Å². The molecule has 0 aliphatic rings. The van der Waals surface area contributed by atoms with Crippen molar-refractivity contribution in [2.45, 2.75) is 393 Å². The summed E-state index contributed by atoms with van der Waals surface area (Å²) in [6.45, 7) is 4.82. The van der Waals surface area contributed by atoms with Gasteiger partial charge in [-0.15, -0.1) is 0 Å². The maximum atomic E-state index is 13.1. The van der Waals surface area contributed by atoms with Gasteiger partial charge in [0.05, 0.1) is 26.4 Å². The fraction of sp³-hybridized carbons (Fsp3) is 0.807. The molecule has 19 heteroatoms. The Labute approximate surface area is 622 Å². The first-order valence-corrected chi connectivity index (χ1v) is 44.2. The molecule has 5 atom stereocenters. The average Bonchev–Trinajstić information content (AvgIpc) is 0.924. The largest absolute Gasteiger partial charge is 0.472 e. The van der Waals surface area contributed by atoms with Crippen LogP contribution >= 0.6 is 15.6 Å². The Hall–Kier alpha value is -3.50. The summed E-state index contributed by atoms with van der Waals surface area (Å²) in [4.78, 5) is 73.0. The third-order valence-corrected chi connectivity index (χ3v) is 19.6. The number of phosphoric ester groups is 2. The molecule has 0 bridgehead atoms. The fourth-order valence-corrected chi connectivity index (χ4v) is 13.0. The van der Waals surface area contributed by atoms with Crippen molar-refractivity contribution in [3.05, 3.63) is 72.9 Å². The first-order chi connectivity index (χ1) is 49.7. The summed E-state index contributed by atoms with van der Waals surface area (Å²) >= 11 is 0. The van der Waals surface area contributed by atoms with Crippen LogP contribution < -0.4 is 0 Å². The molecule has 0 aromatic heterocycles. The van der Waals surface area contributed by atoms with E-state index in [0.717, 1.165) is 109 Å². The van der Waals surface area contributed by atoms with Crippen LogP contribution in [0.1, 0.15) is 374 Å². The third kappa shape index (κ3) is 74.8. The Bertz CT molecular complexity index is 2210. The van der Waals surface area contributed by atoms with E-state index < -0.39 is 97.5 Å². The molecule has 0 spiro atoms. The summed E-state index contributed by atoms with van der Waals surface area (Å²) in [7, 11) is -9.96. The lowest BCUT2D eigenvalue weighted by Gasteiger charge is -2.21. The molecule has 0 fully saturated rings. The summed E-state index contributed by atoms with van der Waals surface area (Å²) in [5.74, 6) is -2.25. The van der Waals surface area contributed by atoms with Crippen molar-refractivity contribution in [3.8, 4) is 0 Å². The molecule has 0 aromatic carbocycles. The molecule has 0 aromatic rings. The topological polar surface area (TPSA) is 237 Å². The van der Waals surface area contributed by atoms with Crippen LogP contribution in [0.3, 0.4) is 0 Å². The number of phosphoric acid groups is 2. The Kier molecular flexibility index (Phi) is 73.1. The molecule has 102 heavy (non-hydrogen) atoms. The van der Waals surface area contributed by atoms with Crippen LogP contribution in [0.4, 0.5) is 0 Å². The lowest BCUT2D eigenvalue weighted by atomic mass is 10.0. The predicted molar refractivity (Wildman–Crippen MR) is 418 cm³/mol. The number of unbranched alkanes of at least 4 members (excludes halogenated alkanes) is 40. The Morgan fingerprint density at radius 1 is 0.275 bits per heavy atom. The van der Waals surface area contributed by atoms with Crippen molar-refractivity contribution < 1.29 is 80.2 Å². The summed E-state index contributed by atoms with van der Waals surface area (Å²) in [6, 6.07) is 0. The number of carbonyl (C=O) groups excluding carboxylic acids is 4. The second kappa shape index (κ2) is 75.7. The number of esters is 4. The van der Waals surface area contributed by atoms with E-state index in [1.807, 2.05) is 12.2 Å². The Morgan fingerprint density at radius 3 is 0.833 bits per heavy atom. The number of ether oxygens (including phenoxy) is 4. The van der Waals surface area contributed by atoms with E-state index in [0.29, 0.717) is 32.1 Å². The van der Waals surface area contributed by atoms with E-state index in [4.69, 9.17) is 37.0 Å². The second-order valence-electron chi connectivity index (χ2n) is 27.7. The molecular formula is C83H150O17P2. The predicted octanol–water partition coefficient (Wildman–Crippen LogP) is 24.0. The van der Waals surface area contributed by atoms with E-state index in [1.54, 1.807) is 0 Å². The molecule has 0 rings (SSSR count). The van der Waals surface area contributed by atoms with Gasteiger partial charge in [0, 0.05) is 25.7 Å². The molecule has 17 nitrogen and oxygen atoms in total. The minimum atomic E-state index is -4.99. The molecular weight excluding hydrogens is 1330 g/mol. The lowest BCUT2D eigenvalue weighted by molar-refractivity contribution is -0.161. The van der Waals surface area contributed by atoms with Crippen LogP contribution in [0.5, 0.6) is 0 Å². The van der Waals surface area contributed by atoms with Crippen LogP contribution in [0.25, 0.3) is 0 Å². The van der Waals surface area contributed by atoms with Crippen LogP contribution in [0.2, 0.25) is 0 Å². The molecule has 2 unspecified atom stereocenters. The molecule has 594 valence electrons. The van der Waals surface area contributed by atoms with Crippen molar-refractivity contribution in [1.29, 1.82) is 0 Å². The van der Waals surface area contributed by atoms with Crippen molar-refractivity contribution in [2.24, 2.45) is 0 Å². The molecule has 0 saturated heterocycles. The zero-order chi connectivity index (χ0) is 74.6. The normalized spacial score (nSPS) is 14.2. The third-order valence-electron chi connectivity index (χ3n) is 17.7. The van der Waals surface area contributed by atoms with Crippen molar-refractivity contribution in [2.75, 3.05) is 39.6 Å². The molecule has 0 amide bonds. The molecule has 0 aliphatic carbocycles. The Balaban J connectivity index is 5.37. The summed E-state index contributed by atoms with van der Waals surface area (Å²) in [5.41, 5.74) is 0. The highest BCUT2D eigenvalue weighted by atomic mass is 31.2. The molecule has 0 radical (unpaired) electrons. The fourth-order valence-electron chi connectivity index (χ4n) is 11.4. The molecule has 0 aliphatic heterocycles. The van der Waals surface area contributed by atoms with Gasteiger partial charge in [-0.3, -0.25) is 37.3 Å². The number of aliphatic hydroxyl groups excluding tert-OH is 1. The first kappa shape index (κ1) is 98.5. The van der Waals surface area contributed by atoms with E-state index in [1.165, 1.54) is 180 Å². The van der Waals surface area contributed by atoms with Crippen LogP contribution in [0.15, 0.2) is 72.9 Å². The lowest BCUT2D eigenvalue weighted by Crippen LogP contribution is -2.30. The van der Waals surface area contributed by atoms with Crippen molar-refractivity contribution >= 4 is 39.5 Å². The van der Waals surface area contributed by atoms with E-state index in [-0.39, 0.29) is 25.7 Å². The highest BCUT2D eigenvalue weighted by Crippen LogP contribution is 2.45. The second-order valence-corrected chi connectivity index (χ2v) is 30.6. The number of carbonyl (C=O) groups is 4. The number of hydrogen-bond donors (Lipinski definition) is 3. The maximum absolute atomic E-state index is 13.1. The smallest absolute Gasteiger partial charge is 0.462 e. The minimum absolute atomic E-state index is 0.0421. The maximum Gasteiger partial charge on any atom is 0.472 e. The standard InChI is InChI=1S/C83H150O17P2/c1-5-9-13-17-21-25-29-33-36-37-38-39-42-45-48-52-56-60-64-68-81(86)94-74-79(100-83(88)70-66-62-58-54-50-46-41-35-31-27-23-19-15-11-7-3)76-98-102(91,92)96-72-77(84)71-95-101(89,90)97-75-78(99-82(87)69-65-61-57-53-49-43-32-28-24-20-16-12-8-4)73-93-80(85)67-63-59-55-51-47-44-40-34-30-26-22-18-14-10-6-2/h21,25,28,32-33,36,38-39,45,48,56,60,77-79,84H,5-20,22-24,26-27,29-31,34-35,37,40-44,46-47,49-55,57-59,61-76H2,1-4H3,(H,89,90)(H,91,92)/b25-21-,32-28-,36-33-,39-38-,48-45-,60-56-/t77-,78+,79+/m0/s1. The van der Waals surface area contributed by atoms with Crippen LogP contribution in [-0.2, 0) is 65.4 Å². The van der Waals surface area contributed by atoms with Gasteiger partial charge in [-0.2, -0.15) is 0 Å². The van der Waals surface area contributed by atoms with Crippen molar-refractivity contribution in [3.63, 3.8) is 0 Å². The highest BCUT2D eigenvalue weighted by molar-refractivity contribution is 7.47. The summed E-state index contributed by atoms with van der Waals surface area (Å²) < 4.78 is 68.6. The highest BCUT2D eigenvalue weighted by Gasteiger charge is 2.30. The van der Waals surface area contributed by atoms with Crippen molar-refractivity contribution in [1.82, 2.24) is 0 Å². The minimum Gasteiger partial charge on any atom is -0.462 e. The quantitative estimate of drug-likeness (QED) is 0.0169. The Morgan fingerprint density at radius 2 is 0.500 bits per heavy atom. The summed E-state index contributed by atoms with van der Waals surface area (Å²) in [6.07, 6.45) is 77.4. The number of rotatable bonds is 78. The van der Waals surface area contributed by atoms with Gasteiger partial charge in [0.1, 0.15) is 19.3 Å². The average molecular weight is 1480 g/mol. The van der Waals surface area contributed by atoms with E-state index in [2.05, 4.69) is 88.5 Å². The van der Waals surface area contributed by atoms with Crippen LogP contribution in [0, 0.1) is 0 Å². The van der Waals surface area contributed by atoms with E-state index >= 15 is 0 Å². The van der Waals surface area contributed by atoms with Crippen LogP contribution in [-0.4, -0.2) is 96.7 Å². The zero-order valence-corrected chi connectivity index (χ0v) is 66.8. The number of aliphatic hydroxyl groups is 1. The van der Waals surface area contributed by atoms with Gasteiger partial charge in [-0.05, 0) is 89.9 Å². The van der Waals surface area contributed by atoms with Gasteiger partial charge in [-0.25, -0.2) is 9.13 Å². The number of allylic oxidation sites excluding steroid dienone is 12. The van der Waals surface area contributed by atoms with Gasteiger partial charge in [0.2, 0.25) is 0 Å². The van der Waals surface area contributed by atoms with Gasteiger partial charge in [0.25, 0.3) is 0 Å². The van der Waals surface area contributed by atoms with Gasteiger partial charge >= 0.3 is 39.5 Å².